The number of benzene rings is 2. The molecule has 1 heterocycles. The van der Waals surface area contributed by atoms with Crippen LogP contribution >= 0.6 is 0 Å². The maximum atomic E-state index is 13.4. The van der Waals surface area contributed by atoms with Crippen LogP contribution in [0.15, 0.2) is 58.1 Å². The van der Waals surface area contributed by atoms with Crippen LogP contribution in [0, 0.1) is 11.6 Å². The maximum absolute atomic E-state index is 13.4. The van der Waals surface area contributed by atoms with Crippen LogP contribution in [0.1, 0.15) is 12.5 Å². The van der Waals surface area contributed by atoms with E-state index in [0.29, 0.717) is 0 Å². The van der Waals surface area contributed by atoms with Crippen LogP contribution in [0.4, 0.5) is 26.0 Å². The zero-order valence-electron chi connectivity index (χ0n) is 16.7. The van der Waals surface area contributed by atoms with Crippen molar-refractivity contribution in [3.63, 3.8) is 0 Å². The van der Waals surface area contributed by atoms with Crippen molar-refractivity contribution >= 4 is 23.1 Å². The third-order valence-electron chi connectivity index (χ3n) is 4.63. The summed E-state index contributed by atoms with van der Waals surface area (Å²) in [7, 11) is 0. The van der Waals surface area contributed by atoms with Crippen LogP contribution in [0.5, 0.6) is 0 Å². The van der Waals surface area contributed by atoms with Gasteiger partial charge in [-0.15, -0.1) is 0 Å². The van der Waals surface area contributed by atoms with Gasteiger partial charge in [-0.3, -0.25) is 19.1 Å². The summed E-state index contributed by atoms with van der Waals surface area (Å²) in [5.41, 5.74) is 5.59. The zero-order valence-corrected chi connectivity index (χ0v) is 16.7. The van der Waals surface area contributed by atoms with Crippen molar-refractivity contribution in [2.24, 2.45) is 0 Å². The van der Waals surface area contributed by atoms with Gasteiger partial charge in [0.2, 0.25) is 5.91 Å². The van der Waals surface area contributed by atoms with Gasteiger partial charge in [-0.25, -0.2) is 13.6 Å². The molecule has 2 aromatic carbocycles. The van der Waals surface area contributed by atoms with E-state index in [-0.39, 0.29) is 36.8 Å². The van der Waals surface area contributed by atoms with Crippen LogP contribution in [-0.4, -0.2) is 28.5 Å². The van der Waals surface area contributed by atoms with Crippen molar-refractivity contribution < 1.29 is 13.6 Å². The Hall–Kier alpha value is -3.95. The molecule has 0 spiro atoms. The summed E-state index contributed by atoms with van der Waals surface area (Å²) >= 11 is 0. The topological polar surface area (TPSA) is 113 Å². The van der Waals surface area contributed by atoms with E-state index in [2.05, 4.69) is 10.3 Å². The lowest BCUT2D eigenvalue weighted by atomic mass is 10.2. The number of amides is 1. The molecule has 0 atom stereocenters. The summed E-state index contributed by atoms with van der Waals surface area (Å²) in [4.78, 5) is 40.8. The van der Waals surface area contributed by atoms with Gasteiger partial charge in [0.1, 0.15) is 11.5 Å². The lowest BCUT2D eigenvalue weighted by molar-refractivity contribution is -0.115. The molecule has 1 aromatic heterocycles. The number of H-pyrrole nitrogens is 1. The number of hydrogen-bond donors (Lipinski definition) is 3. The highest BCUT2D eigenvalue weighted by atomic mass is 19.2. The molecular formula is C21H21F2N5O3. The highest BCUT2D eigenvalue weighted by molar-refractivity contribution is 5.94. The Balaban J connectivity index is 1.87. The Morgan fingerprint density at radius 3 is 2.48 bits per heavy atom. The number of aromatic nitrogens is 2. The Labute approximate surface area is 175 Å². The first-order valence-electron chi connectivity index (χ1n) is 9.46. The first-order chi connectivity index (χ1) is 14.8. The number of aromatic amines is 1. The number of likely N-dealkylation sites (N-methyl/N-ethyl adjacent to an activating group) is 1. The molecular weight excluding hydrogens is 408 g/mol. The van der Waals surface area contributed by atoms with Crippen LogP contribution in [0.3, 0.4) is 0 Å². The molecule has 0 aliphatic heterocycles. The van der Waals surface area contributed by atoms with E-state index in [1.165, 1.54) is 15.5 Å². The molecule has 0 saturated heterocycles. The van der Waals surface area contributed by atoms with Crippen molar-refractivity contribution in [2.75, 3.05) is 29.0 Å². The standard InChI is InChI=1S/C21H21F2N5O3/c1-2-27(12-17(29)25-14-8-9-15(22)16(23)10-14)18-19(24)28(21(31)26-20(18)30)11-13-6-4-3-5-7-13/h3-10H,2,11-12,24H2,1H3,(H,25,29)(H,26,30,31). The predicted molar refractivity (Wildman–Crippen MR) is 114 cm³/mol. The minimum absolute atomic E-state index is 0.0292. The first kappa shape index (κ1) is 21.8. The molecule has 8 nitrogen and oxygen atoms in total. The van der Waals surface area contributed by atoms with E-state index in [4.69, 9.17) is 5.73 Å². The number of hydrogen-bond acceptors (Lipinski definition) is 5. The third kappa shape index (κ3) is 4.97. The fourth-order valence-corrected chi connectivity index (χ4v) is 3.10. The van der Waals surface area contributed by atoms with Crippen molar-refractivity contribution in [2.45, 2.75) is 13.5 Å². The predicted octanol–water partition coefficient (Wildman–Crippen LogP) is 1.91. The van der Waals surface area contributed by atoms with Gasteiger partial charge in [0.15, 0.2) is 11.6 Å². The molecule has 0 bridgehead atoms. The van der Waals surface area contributed by atoms with E-state index in [1.54, 1.807) is 6.92 Å². The molecule has 0 aliphatic rings. The summed E-state index contributed by atoms with van der Waals surface area (Å²) in [5.74, 6) is -2.79. The second kappa shape index (κ2) is 9.24. The van der Waals surface area contributed by atoms with Gasteiger partial charge in [0, 0.05) is 18.3 Å². The lowest BCUT2D eigenvalue weighted by Crippen LogP contribution is -2.41. The summed E-state index contributed by atoms with van der Waals surface area (Å²) in [6.07, 6.45) is 0. The van der Waals surface area contributed by atoms with E-state index < -0.39 is 28.8 Å². The number of nitrogens with zero attached hydrogens (tertiary/aromatic N) is 2. The van der Waals surface area contributed by atoms with Gasteiger partial charge in [-0.1, -0.05) is 30.3 Å². The lowest BCUT2D eigenvalue weighted by Gasteiger charge is -2.24. The van der Waals surface area contributed by atoms with Crippen LogP contribution < -0.4 is 27.2 Å². The molecule has 10 heteroatoms. The second-order valence-electron chi connectivity index (χ2n) is 6.76. The Morgan fingerprint density at radius 2 is 1.84 bits per heavy atom. The SMILES string of the molecule is CCN(CC(=O)Nc1ccc(F)c(F)c1)c1c(N)n(Cc2ccccc2)c(=O)[nH]c1=O. The number of anilines is 3. The fraction of sp³-hybridized carbons (Fsp3) is 0.190. The Bertz CT molecular complexity index is 1210. The molecule has 3 rings (SSSR count). The number of nitrogens with one attached hydrogen (secondary N) is 2. The fourth-order valence-electron chi connectivity index (χ4n) is 3.10. The van der Waals surface area contributed by atoms with E-state index in [0.717, 1.165) is 17.7 Å². The highest BCUT2D eigenvalue weighted by Crippen LogP contribution is 2.18. The van der Waals surface area contributed by atoms with Gasteiger partial charge in [0.25, 0.3) is 5.56 Å². The largest absolute Gasteiger partial charge is 0.383 e. The van der Waals surface area contributed by atoms with Crippen molar-refractivity contribution in [3.05, 3.63) is 86.6 Å². The van der Waals surface area contributed by atoms with Gasteiger partial charge in [-0.2, -0.15) is 0 Å². The van der Waals surface area contributed by atoms with E-state index >= 15 is 0 Å². The quantitative estimate of drug-likeness (QED) is 0.531. The molecule has 0 radical (unpaired) electrons. The molecule has 3 aromatic rings. The normalized spacial score (nSPS) is 10.7. The Morgan fingerprint density at radius 1 is 1.13 bits per heavy atom. The van der Waals surface area contributed by atoms with E-state index in [9.17, 15) is 23.2 Å². The second-order valence-corrected chi connectivity index (χ2v) is 6.76. The van der Waals surface area contributed by atoms with Crippen LogP contribution in [0.2, 0.25) is 0 Å². The number of carbonyl (C=O) groups excluding carboxylic acids is 1. The van der Waals surface area contributed by atoms with Crippen molar-refractivity contribution in [3.8, 4) is 0 Å². The van der Waals surface area contributed by atoms with Gasteiger partial charge in [-0.05, 0) is 24.6 Å². The smallest absolute Gasteiger partial charge is 0.330 e. The third-order valence-corrected chi connectivity index (χ3v) is 4.63. The maximum Gasteiger partial charge on any atom is 0.330 e. The molecule has 0 aliphatic carbocycles. The van der Waals surface area contributed by atoms with Gasteiger partial charge in [0.05, 0.1) is 13.1 Å². The molecule has 0 unspecified atom stereocenters. The van der Waals surface area contributed by atoms with Gasteiger partial charge < -0.3 is 16.0 Å². The minimum atomic E-state index is -1.10. The molecule has 1 amide bonds. The summed E-state index contributed by atoms with van der Waals surface area (Å²) in [5, 5.41) is 2.44. The molecule has 0 saturated carbocycles. The number of carbonyl (C=O) groups is 1. The molecule has 162 valence electrons. The first-order valence-corrected chi connectivity index (χ1v) is 9.46. The molecule has 4 N–H and O–H groups in total. The zero-order chi connectivity index (χ0) is 22.5. The summed E-state index contributed by atoms with van der Waals surface area (Å²) < 4.78 is 27.6. The van der Waals surface area contributed by atoms with E-state index in [1.807, 2.05) is 30.3 Å². The highest BCUT2D eigenvalue weighted by Gasteiger charge is 2.20. The van der Waals surface area contributed by atoms with Crippen LogP contribution in [-0.2, 0) is 11.3 Å². The number of rotatable bonds is 7. The van der Waals surface area contributed by atoms with Gasteiger partial charge >= 0.3 is 5.69 Å². The van der Waals surface area contributed by atoms with Crippen LogP contribution in [0.25, 0.3) is 0 Å². The monoisotopic (exact) mass is 429 g/mol. The molecule has 0 fully saturated rings. The average Bonchev–Trinajstić information content (AvgIpc) is 2.73. The minimum Gasteiger partial charge on any atom is -0.383 e. The summed E-state index contributed by atoms with van der Waals surface area (Å²) in [6.45, 7) is 1.76. The number of nitrogens with two attached hydrogens (primary N) is 1. The average molecular weight is 429 g/mol. The number of halogens is 2. The van der Waals surface area contributed by atoms with Crippen molar-refractivity contribution in [1.29, 1.82) is 0 Å². The summed E-state index contributed by atoms with van der Waals surface area (Å²) in [6, 6.07) is 12.0. The molecule has 31 heavy (non-hydrogen) atoms. The number of nitrogen functional groups attached to an aromatic ring is 1. The van der Waals surface area contributed by atoms with Crippen molar-refractivity contribution in [1.82, 2.24) is 9.55 Å². The Kier molecular flexibility index (Phi) is 6.49.